The van der Waals surface area contributed by atoms with Crippen molar-refractivity contribution in [2.45, 2.75) is 30.3 Å². The van der Waals surface area contributed by atoms with Crippen molar-refractivity contribution < 1.29 is 38.1 Å². The second-order valence-corrected chi connectivity index (χ2v) is 9.02. The monoisotopic (exact) mass is 509 g/mol. The Bertz CT molecular complexity index is 913. The molecular formula is C23H31N3O8S. The van der Waals surface area contributed by atoms with E-state index in [1.165, 1.54) is 0 Å². The van der Waals surface area contributed by atoms with Gasteiger partial charge < -0.3 is 29.6 Å². The number of carbonyl (C=O) groups excluding carboxylic acids is 4. The van der Waals surface area contributed by atoms with Gasteiger partial charge in [0, 0.05) is 29.2 Å². The third-order valence-corrected chi connectivity index (χ3v) is 6.45. The van der Waals surface area contributed by atoms with Crippen LogP contribution in [0.15, 0.2) is 23.1 Å². The topological polar surface area (TPSA) is 146 Å². The van der Waals surface area contributed by atoms with Gasteiger partial charge >= 0.3 is 0 Å². The maximum absolute atomic E-state index is 12.9. The number of imide groups is 1. The van der Waals surface area contributed by atoms with E-state index >= 15 is 0 Å². The molecule has 2 heterocycles. The number of thioether (sulfide) groups is 1. The van der Waals surface area contributed by atoms with Crippen LogP contribution in [0.4, 0.5) is 0 Å². The lowest BCUT2D eigenvalue weighted by Gasteiger charge is -2.29. The minimum absolute atomic E-state index is 0.110. The molecule has 1 fully saturated rings. The van der Waals surface area contributed by atoms with Gasteiger partial charge in [0.2, 0.25) is 17.7 Å². The number of carbonyl (C=O) groups is 4. The molecule has 0 spiro atoms. The van der Waals surface area contributed by atoms with E-state index in [2.05, 4.69) is 5.32 Å². The highest BCUT2D eigenvalue weighted by Gasteiger charge is 2.39. The minimum atomic E-state index is -0.616. The molecule has 1 aromatic rings. The number of ether oxygens (including phenoxy) is 4. The highest BCUT2D eigenvalue weighted by atomic mass is 32.2. The Morgan fingerprint density at radius 2 is 1.66 bits per heavy atom. The van der Waals surface area contributed by atoms with E-state index in [1.807, 2.05) is 12.1 Å². The standard InChI is InChI=1S/C23H31N3O8S/c24-20(27)15-34-11-10-32-7-6-31-8-9-33-12-13-35-19-3-1-2-16-17(19)14-26(23(16)30)18-4-5-21(28)25-22(18)29/h1-3,18H,4-15H2,(H2,24,27)(H,25,28,29). The molecule has 0 saturated carbocycles. The Hall–Kier alpha value is -2.51. The number of nitrogens with two attached hydrogens (primary N) is 1. The van der Waals surface area contributed by atoms with E-state index in [0.29, 0.717) is 70.5 Å². The summed E-state index contributed by atoms with van der Waals surface area (Å²) in [5.41, 5.74) is 6.47. The number of amides is 4. The lowest BCUT2D eigenvalue weighted by Crippen LogP contribution is -2.52. The van der Waals surface area contributed by atoms with Gasteiger partial charge in [0.05, 0.1) is 46.2 Å². The summed E-state index contributed by atoms with van der Waals surface area (Å²) in [6.07, 6.45) is 0.583. The van der Waals surface area contributed by atoms with Gasteiger partial charge in [0.15, 0.2) is 0 Å². The van der Waals surface area contributed by atoms with Crippen LogP contribution in [0.25, 0.3) is 0 Å². The Kier molecular flexibility index (Phi) is 10.9. The van der Waals surface area contributed by atoms with Gasteiger partial charge in [-0.3, -0.25) is 24.5 Å². The molecular weight excluding hydrogens is 478 g/mol. The quantitative estimate of drug-likeness (QED) is 0.180. The largest absolute Gasteiger partial charge is 0.378 e. The van der Waals surface area contributed by atoms with Crippen molar-refractivity contribution in [2.75, 3.05) is 58.6 Å². The van der Waals surface area contributed by atoms with Crippen LogP contribution in [0.1, 0.15) is 28.8 Å². The molecule has 2 aliphatic heterocycles. The van der Waals surface area contributed by atoms with Crippen LogP contribution in [0.5, 0.6) is 0 Å². The number of nitrogens with zero attached hydrogens (tertiary/aromatic N) is 1. The van der Waals surface area contributed by atoms with Crippen LogP contribution >= 0.6 is 11.8 Å². The van der Waals surface area contributed by atoms with Crippen molar-refractivity contribution in [3.63, 3.8) is 0 Å². The molecule has 35 heavy (non-hydrogen) atoms. The van der Waals surface area contributed by atoms with E-state index in [-0.39, 0.29) is 24.8 Å². The van der Waals surface area contributed by atoms with Crippen LogP contribution in [-0.4, -0.2) is 93.2 Å². The normalized spacial score (nSPS) is 17.5. The fourth-order valence-corrected chi connectivity index (χ4v) is 4.68. The lowest BCUT2D eigenvalue weighted by molar-refractivity contribution is -0.137. The molecule has 192 valence electrons. The average Bonchev–Trinajstić information content (AvgIpc) is 3.16. The zero-order chi connectivity index (χ0) is 25.0. The van der Waals surface area contributed by atoms with Gasteiger partial charge in [-0.15, -0.1) is 11.8 Å². The first-order chi connectivity index (χ1) is 17.0. The maximum Gasteiger partial charge on any atom is 0.255 e. The number of nitrogens with one attached hydrogen (secondary N) is 1. The van der Waals surface area contributed by atoms with E-state index in [9.17, 15) is 19.2 Å². The fraction of sp³-hybridized carbons (Fsp3) is 0.565. The van der Waals surface area contributed by atoms with Crippen LogP contribution in [0, 0.1) is 0 Å². The van der Waals surface area contributed by atoms with E-state index in [4.69, 9.17) is 24.7 Å². The highest BCUT2D eigenvalue weighted by Crippen LogP contribution is 2.34. The van der Waals surface area contributed by atoms with Gasteiger partial charge in [-0.2, -0.15) is 0 Å². The molecule has 1 atom stereocenters. The van der Waals surface area contributed by atoms with Gasteiger partial charge in [-0.1, -0.05) is 6.07 Å². The summed E-state index contributed by atoms with van der Waals surface area (Å²) in [6, 6.07) is 4.97. The first kappa shape index (κ1) is 27.1. The second-order valence-electron chi connectivity index (χ2n) is 7.89. The average molecular weight is 510 g/mol. The predicted molar refractivity (Wildman–Crippen MR) is 126 cm³/mol. The molecule has 0 aromatic heterocycles. The SMILES string of the molecule is NC(=O)COCCOCCOCCOCCSc1cccc2c1CN(C1CCC(=O)NC1=O)C2=O. The summed E-state index contributed by atoms with van der Waals surface area (Å²) in [7, 11) is 0. The predicted octanol–water partition coefficient (Wildman–Crippen LogP) is 0.0914. The van der Waals surface area contributed by atoms with Crippen LogP contribution in [-0.2, 0) is 39.9 Å². The Balaban J connectivity index is 1.28. The molecule has 0 aliphatic carbocycles. The van der Waals surface area contributed by atoms with E-state index in [0.717, 1.165) is 10.5 Å². The summed E-state index contributed by atoms with van der Waals surface area (Å²) in [6.45, 7) is 3.20. The molecule has 1 aromatic carbocycles. The van der Waals surface area contributed by atoms with Crippen molar-refractivity contribution in [1.82, 2.24) is 10.2 Å². The van der Waals surface area contributed by atoms with E-state index < -0.39 is 17.9 Å². The summed E-state index contributed by atoms with van der Waals surface area (Å²) >= 11 is 1.60. The molecule has 2 aliphatic rings. The van der Waals surface area contributed by atoms with Gasteiger partial charge in [-0.05, 0) is 24.1 Å². The first-order valence-corrected chi connectivity index (χ1v) is 12.4. The van der Waals surface area contributed by atoms with Crippen molar-refractivity contribution in [3.8, 4) is 0 Å². The maximum atomic E-state index is 12.9. The third-order valence-electron chi connectivity index (χ3n) is 5.38. The molecule has 3 rings (SSSR count). The van der Waals surface area contributed by atoms with Crippen molar-refractivity contribution in [2.24, 2.45) is 5.73 Å². The van der Waals surface area contributed by atoms with Crippen molar-refractivity contribution in [3.05, 3.63) is 29.3 Å². The summed E-state index contributed by atoms with van der Waals surface area (Å²) in [5, 5.41) is 2.32. The molecule has 1 saturated heterocycles. The van der Waals surface area contributed by atoms with Gasteiger partial charge in [-0.25, -0.2) is 0 Å². The smallest absolute Gasteiger partial charge is 0.255 e. The highest BCUT2D eigenvalue weighted by molar-refractivity contribution is 7.99. The second kappa shape index (κ2) is 14.1. The third kappa shape index (κ3) is 8.29. The number of hydrogen-bond acceptors (Lipinski definition) is 9. The molecule has 0 bridgehead atoms. The number of rotatable bonds is 16. The number of primary amides is 1. The summed E-state index contributed by atoms with van der Waals surface area (Å²) < 4.78 is 21.3. The first-order valence-electron chi connectivity index (χ1n) is 11.5. The van der Waals surface area contributed by atoms with Crippen LogP contribution < -0.4 is 11.1 Å². The molecule has 0 radical (unpaired) electrons. The molecule has 3 N–H and O–H groups in total. The molecule has 1 unspecified atom stereocenters. The zero-order valence-electron chi connectivity index (χ0n) is 19.5. The Labute approximate surface area is 207 Å². The fourth-order valence-electron chi connectivity index (χ4n) is 3.74. The number of hydrogen-bond donors (Lipinski definition) is 2. The molecule has 12 heteroatoms. The van der Waals surface area contributed by atoms with E-state index in [1.54, 1.807) is 22.7 Å². The molecule has 11 nitrogen and oxygen atoms in total. The minimum Gasteiger partial charge on any atom is -0.378 e. The van der Waals surface area contributed by atoms with Gasteiger partial charge in [0.1, 0.15) is 12.6 Å². The van der Waals surface area contributed by atoms with Crippen molar-refractivity contribution in [1.29, 1.82) is 0 Å². The van der Waals surface area contributed by atoms with Crippen LogP contribution in [0.2, 0.25) is 0 Å². The van der Waals surface area contributed by atoms with Crippen molar-refractivity contribution >= 4 is 35.4 Å². The lowest BCUT2D eigenvalue weighted by atomic mass is 10.0. The number of benzene rings is 1. The summed E-state index contributed by atoms with van der Waals surface area (Å²) in [5.74, 6) is -0.682. The summed E-state index contributed by atoms with van der Waals surface area (Å²) in [4.78, 5) is 49.6. The van der Waals surface area contributed by atoms with Crippen LogP contribution in [0.3, 0.4) is 0 Å². The Morgan fingerprint density at radius 3 is 2.31 bits per heavy atom. The Morgan fingerprint density at radius 1 is 1.00 bits per heavy atom. The number of piperidine rings is 1. The zero-order valence-corrected chi connectivity index (χ0v) is 20.3. The molecule has 4 amide bonds. The van der Waals surface area contributed by atoms with Gasteiger partial charge in [0.25, 0.3) is 5.91 Å². The number of fused-ring (bicyclic) bond motifs is 1.